The van der Waals surface area contributed by atoms with Gasteiger partial charge in [0.1, 0.15) is 0 Å². The molecule has 1 aliphatic heterocycles. The van der Waals surface area contributed by atoms with Gasteiger partial charge in [0.2, 0.25) is 0 Å². The third-order valence-corrected chi connectivity index (χ3v) is 10.7. The van der Waals surface area contributed by atoms with Crippen LogP contribution in [0.5, 0.6) is 0 Å². The van der Waals surface area contributed by atoms with Crippen molar-refractivity contribution in [2.45, 2.75) is 26.1 Å². The third kappa shape index (κ3) is 5.72. The van der Waals surface area contributed by atoms with Gasteiger partial charge in [-0.1, -0.05) is 0 Å². The van der Waals surface area contributed by atoms with Gasteiger partial charge in [0.05, 0.1) is 0 Å². The van der Waals surface area contributed by atoms with Crippen LogP contribution in [-0.2, 0) is 26.1 Å². The van der Waals surface area contributed by atoms with E-state index in [1.54, 1.807) is 9.47 Å². The van der Waals surface area contributed by atoms with Crippen LogP contribution in [-0.4, -0.2) is 46.8 Å². The van der Waals surface area contributed by atoms with E-state index in [1.165, 1.54) is 11.3 Å². The number of benzene rings is 3. The second-order valence-electron chi connectivity index (χ2n) is 8.98. The summed E-state index contributed by atoms with van der Waals surface area (Å²) in [6.07, 6.45) is 4.39. The normalized spacial score (nSPS) is 15.6. The van der Waals surface area contributed by atoms with E-state index in [2.05, 4.69) is 0 Å². The monoisotopic (exact) mass is 637 g/mol. The first-order valence-electron chi connectivity index (χ1n) is 11.6. The molecule has 0 bridgehead atoms. The van der Waals surface area contributed by atoms with Gasteiger partial charge in [0.15, 0.2) is 0 Å². The standard InChI is InChI=1S/C26H24N2O6S3Se/c1-3-18(14-25-27(15-36(29,30)31)21-12-17(2)8-11-23(21)38-25)13-24-28(16-37(32,33)34)26-20-7-5-4-6-19(20)9-10-22(26)35-24/h4-14H,3,15-16H2,1-2H3,(H-,29,30,31,32,33,34)/p+1. The first-order valence-corrected chi connectivity index (χ1v) is 17.4. The molecule has 0 atom stereocenters. The molecule has 2 heterocycles. The molecular formula is C26H25N2O6S3Se+. The minimum absolute atomic E-state index is 0.192. The van der Waals surface area contributed by atoms with Crippen LogP contribution in [0, 0.1) is 6.92 Å². The number of thiazole rings is 1. The van der Waals surface area contributed by atoms with E-state index >= 15 is 0 Å². The SMILES string of the molecule is CCC(/C=C1\[Se]c2ccc(C)cc2N1CS(=O)(=O)O)=C\c1sc2ccc3ccccc3c2[n+]1CS(=O)(=O)O. The van der Waals surface area contributed by atoms with E-state index in [1.807, 2.05) is 80.6 Å². The van der Waals surface area contributed by atoms with Crippen LogP contribution in [0.4, 0.5) is 5.69 Å². The van der Waals surface area contributed by atoms with E-state index < -0.39 is 32.0 Å². The Kier molecular flexibility index (Phi) is 7.25. The fraction of sp³-hybridized carbons (Fsp3) is 0.192. The zero-order valence-electron chi connectivity index (χ0n) is 20.5. The Hall–Kier alpha value is -2.57. The summed E-state index contributed by atoms with van der Waals surface area (Å²) in [7, 11) is -8.62. The summed E-state index contributed by atoms with van der Waals surface area (Å²) >= 11 is 1.23. The molecule has 0 spiro atoms. The first-order chi connectivity index (χ1) is 17.9. The van der Waals surface area contributed by atoms with Gasteiger partial charge in [0, 0.05) is 0 Å². The molecule has 2 N–H and O–H groups in total. The summed E-state index contributed by atoms with van der Waals surface area (Å²) in [5.74, 6) is -1.14. The van der Waals surface area contributed by atoms with Crippen molar-refractivity contribution in [3.8, 4) is 0 Å². The number of hydrogen-bond acceptors (Lipinski definition) is 6. The summed E-state index contributed by atoms with van der Waals surface area (Å²) in [6.45, 7) is 3.89. The van der Waals surface area contributed by atoms with Crippen molar-refractivity contribution in [3.05, 3.63) is 81.4 Å². The average molecular weight is 637 g/mol. The van der Waals surface area contributed by atoms with Crippen molar-refractivity contribution < 1.29 is 30.5 Å². The van der Waals surface area contributed by atoms with Crippen LogP contribution in [0.3, 0.4) is 0 Å². The number of hydrogen-bond donors (Lipinski definition) is 2. The van der Waals surface area contributed by atoms with E-state index in [0.717, 1.165) is 46.9 Å². The molecule has 0 saturated carbocycles. The summed E-state index contributed by atoms with van der Waals surface area (Å²) in [6, 6.07) is 17.5. The van der Waals surface area contributed by atoms with Crippen LogP contribution in [0.25, 0.3) is 27.1 Å². The van der Waals surface area contributed by atoms with Crippen LogP contribution >= 0.6 is 11.3 Å². The molecule has 0 saturated heterocycles. The van der Waals surface area contributed by atoms with Crippen molar-refractivity contribution >= 4 is 83.7 Å². The van der Waals surface area contributed by atoms with Crippen molar-refractivity contribution in [2.75, 3.05) is 10.8 Å². The maximum atomic E-state index is 12.0. The fourth-order valence-electron chi connectivity index (χ4n) is 4.45. The van der Waals surface area contributed by atoms with E-state index in [9.17, 15) is 25.9 Å². The van der Waals surface area contributed by atoms with Crippen LogP contribution < -0.4 is 13.9 Å². The second-order valence-corrected chi connectivity index (χ2v) is 15.1. The Balaban J connectivity index is 1.66. The topological polar surface area (TPSA) is 116 Å². The summed E-state index contributed by atoms with van der Waals surface area (Å²) in [5.41, 5.74) is 3.32. The molecule has 1 aliphatic rings. The average Bonchev–Trinajstić information content (AvgIpc) is 3.34. The Bertz CT molecular complexity index is 1860. The Labute approximate surface area is 231 Å². The molecule has 3 aromatic carbocycles. The number of fused-ring (bicyclic) bond motifs is 4. The Morgan fingerprint density at radius 3 is 2.53 bits per heavy atom. The summed E-state index contributed by atoms with van der Waals surface area (Å²) in [4.78, 5) is 1.63. The number of aryl methyl sites for hydroxylation is 1. The molecule has 4 aromatic rings. The van der Waals surface area contributed by atoms with Crippen LogP contribution in [0.1, 0.15) is 23.9 Å². The van der Waals surface area contributed by atoms with Crippen LogP contribution in [0.15, 0.2) is 70.8 Å². The van der Waals surface area contributed by atoms with Crippen molar-refractivity contribution in [1.29, 1.82) is 0 Å². The second kappa shape index (κ2) is 10.2. The Morgan fingerprint density at radius 2 is 1.82 bits per heavy atom. The number of allylic oxidation sites excluding steroid dienone is 2. The molecule has 0 aliphatic carbocycles. The predicted molar refractivity (Wildman–Crippen MR) is 153 cm³/mol. The summed E-state index contributed by atoms with van der Waals surface area (Å²) < 4.78 is 71.4. The summed E-state index contributed by atoms with van der Waals surface area (Å²) in [5, 5.41) is 2.48. The minimum atomic E-state index is -4.34. The number of nitrogens with zero attached hydrogens (tertiary/aromatic N) is 2. The van der Waals surface area contributed by atoms with Crippen LogP contribution in [0.2, 0.25) is 0 Å². The first kappa shape index (κ1) is 27.0. The van der Waals surface area contributed by atoms with Gasteiger partial charge in [-0.25, -0.2) is 0 Å². The van der Waals surface area contributed by atoms with Crippen molar-refractivity contribution in [1.82, 2.24) is 0 Å². The zero-order chi connectivity index (χ0) is 27.2. The Morgan fingerprint density at radius 1 is 1.05 bits per heavy atom. The molecule has 38 heavy (non-hydrogen) atoms. The fourth-order valence-corrected chi connectivity index (χ4v) is 9.42. The molecule has 198 valence electrons. The number of rotatable bonds is 7. The molecular weight excluding hydrogens is 611 g/mol. The maximum absolute atomic E-state index is 12.0. The molecule has 0 fully saturated rings. The van der Waals surface area contributed by atoms with Gasteiger partial charge in [-0.3, -0.25) is 0 Å². The molecule has 1 aromatic heterocycles. The molecule has 0 amide bonds. The van der Waals surface area contributed by atoms with E-state index in [-0.39, 0.29) is 15.0 Å². The van der Waals surface area contributed by atoms with Gasteiger partial charge >= 0.3 is 233 Å². The molecule has 5 rings (SSSR count). The van der Waals surface area contributed by atoms with Crippen molar-refractivity contribution in [2.24, 2.45) is 0 Å². The molecule has 12 heteroatoms. The quantitative estimate of drug-likeness (QED) is 0.180. The van der Waals surface area contributed by atoms with Gasteiger partial charge in [0.25, 0.3) is 0 Å². The third-order valence-electron chi connectivity index (χ3n) is 6.11. The molecule has 0 radical (unpaired) electrons. The predicted octanol–water partition coefficient (Wildman–Crippen LogP) is 3.83. The van der Waals surface area contributed by atoms with Gasteiger partial charge in [-0.05, 0) is 0 Å². The molecule has 0 unspecified atom stereocenters. The molecule has 8 nitrogen and oxygen atoms in total. The number of aromatic nitrogens is 1. The van der Waals surface area contributed by atoms with Crippen molar-refractivity contribution in [3.63, 3.8) is 0 Å². The van der Waals surface area contributed by atoms with E-state index in [4.69, 9.17) is 0 Å². The van der Waals surface area contributed by atoms with Gasteiger partial charge < -0.3 is 0 Å². The number of anilines is 1. The van der Waals surface area contributed by atoms with E-state index in [0.29, 0.717) is 11.4 Å². The van der Waals surface area contributed by atoms with Gasteiger partial charge in [-0.2, -0.15) is 0 Å². The zero-order valence-corrected chi connectivity index (χ0v) is 24.7. The van der Waals surface area contributed by atoms with Gasteiger partial charge in [-0.15, -0.1) is 0 Å².